The van der Waals surface area contributed by atoms with E-state index < -0.39 is 5.69 Å². The van der Waals surface area contributed by atoms with E-state index in [0.29, 0.717) is 17.1 Å². The summed E-state index contributed by atoms with van der Waals surface area (Å²) < 4.78 is 4.19. The quantitative estimate of drug-likeness (QED) is 0.782. The minimum Gasteiger partial charge on any atom is -0.394 e. The van der Waals surface area contributed by atoms with Crippen molar-refractivity contribution in [1.82, 2.24) is 18.7 Å². The molecule has 0 radical (unpaired) electrons. The zero-order chi connectivity index (χ0) is 16.2. The molecular weight excluding hydrogens is 288 g/mol. The van der Waals surface area contributed by atoms with Crippen LogP contribution >= 0.6 is 0 Å². The first-order valence-electron chi connectivity index (χ1n) is 7.00. The van der Waals surface area contributed by atoms with Gasteiger partial charge < -0.3 is 5.11 Å². The van der Waals surface area contributed by atoms with E-state index >= 15 is 0 Å². The second kappa shape index (κ2) is 4.80. The SMILES string of the molecule is CC1=NN(CCO)c2nc3c(c(=O)n(C)c(=O)n3C)n2[C@H]1C. The molecule has 0 bridgehead atoms. The van der Waals surface area contributed by atoms with E-state index in [2.05, 4.69) is 10.1 Å². The lowest BCUT2D eigenvalue weighted by Gasteiger charge is -2.28. The van der Waals surface area contributed by atoms with Crippen LogP contribution in [0.4, 0.5) is 5.95 Å². The van der Waals surface area contributed by atoms with Crippen LogP contribution in [0.15, 0.2) is 14.7 Å². The van der Waals surface area contributed by atoms with Gasteiger partial charge in [0.25, 0.3) is 5.56 Å². The van der Waals surface area contributed by atoms with Crippen LogP contribution in [-0.2, 0) is 14.1 Å². The van der Waals surface area contributed by atoms with E-state index in [1.54, 1.807) is 16.6 Å². The average molecular weight is 306 g/mol. The molecule has 1 atom stereocenters. The maximum Gasteiger partial charge on any atom is 0.332 e. The van der Waals surface area contributed by atoms with Crippen molar-refractivity contribution < 1.29 is 5.11 Å². The van der Waals surface area contributed by atoms with Gasteiger partial charge in [-0.05, 0) is 13.8 Å². The third kappa shape index (κ3) is 1.75. The Morgan fingerprint density at radius 2 is 1.91 bits per heavy atom. The van der Waals surface area contributed by atoms with Crippen LogP contribution in [0, 0.1) is 0 Å². The van der Waals surface area contributed by atoms with Crippen molar-refractivity contribution in [3.8, 4) is 0 Å². The number of aliphatic hydroxyl groups is 1. The summed E-state index contributed by atoms with van der Waals surface area (Å²) in [4.78, 5) is 29.0. The molecule has 22 heavy (non-hydrogen) atoms. The third-order valence-corrected chi connectivity index (χ3v) is 4.09. The molecule has 2 aromatic heterocycles. The average Bonchev–Trinajstić information content (AvgIpc) is 2.89. The number of hydrogen-bond acceptors (Lipinski definition) is 6. The van der Waals surface area contributed by atoms with E-state index in [4.69, 9.17) is 0 Å². The van der Waals surface area contributed by atoms with Crippen molar-refractivity contribution in [3.63, 3.8) is 0 Å². The standard InChI is InChI=1S/C13H18N6O3/c1-7-8(2)19-9-10(14-12(19)18(15-7)5-6-20)16(3)13(22)17(4)11(9)21/h8,20H,5-6H2,1-4H3/t8-/m0/s1. The molecule has 3 rings (SSSR count). The predicted molar refractivity (Wildman–Crippen MR) is 82.5 cm³/mol. The molecular formula is C13H18N6O3. The highest BCUT2D eigenvalue weighted by Gasteiger charge is 2.29. The van der Waals surface area contributed by atoms with Crippen molar-refractivity contribution in [1.29, 1.82) is 0 Å². The number of fused-ring (bicyclic) bond motifs is 3. The first-order valence-corrected chi connectivity index (χ1v) is 7.00. The summed E-state index contributed by atoms with van der Waals surface area (Å²) in [7, 11) is 3.03. The highest BCUT2D eigenvalue weighted by molar-refractivity contribution is 5.90. The number of β-amino-alcohol motifs (C(OH)–C–C–N with tert-alkyl or cyclic N) is 1. The lowest BCUT2D eigenvalue weighted by Crippen LogP contribution is -2.38. The third-order valence-electron chi connectivity index (χ3n) is 4.09. The Balaban J connectivity index is 2.45. The van der Waals surface area contributed by atoms with Gasteiger partial charge in [0.1, 0.15) is 0 Å². The number of aliphatic hydroxyl groups excluding tert-OH is 1. The molecule has 0 amide bonds. The Labute approximate surface area is 125 Å². The monoisotopic (exact) mass is 306 g/mol. The summed E-state index contributed by atoms with van der Waals surface area (Å²) in [6.45, 7) is 3.95. The number of hydrazone groups is 1. The van der Waals surface area contributed by atoms with Gasteiger partial charge in [-0.15, -0.1) is 0 Å². The number of rotatable bonds is 2. The van der Waals surface area contributed by atoms with E-state index in [-0.39, 0.29) is 24.8 Å². The van der Waals surface area contributed by atoms with Crippen molar-refractivity contribution in [2.45, 2.75) is 19.9 Å². The zero-order valence-corrected chi connectivity index (χ0v) is 12.9. The largest absolute Gasteiger partial charge is 0.394 e. The van der Waals surface area contributed by atoms with Gasteiger partial charge in [0.15, 0.2) is 11.2 Å². The molecule has 1 N–H and O–H groups in total. The number of aryl methyl sites for hydroxylation is 1. The Morgan fingerprint density at radius 1 is 1.23 bits per heavy atom. The topological polar surface area (TPSA) is 97.7 Å². The molecule has 0 spiro atoms. The van der Waals surface area contributed by atoms with Crippen LogP contribution in [0.2, 0.25) is 0 Å². The first kappa shape index (κ1) is 14.5. The van der Waals surface area contributed by atoms with Crippen LogP contribution in [-0.4, -0.2) is 42.7 Å². The second-order valence-electron chi connectivity index (χ2n) is 5.42. The van der Waals surface area contributed by atoms with Gasteiger partial charge >= 0.3 is 5.69 Å². The highest BCUT2D eigenvalue weighted by Crippen LogP contribution is 2.29. The lowest BCUT2D eigenvalue weighted by atomic mass is 10.2. The maximum absolute atomic E-state index is 12.5. The van der Waals surface area contributed by atoms with E-state index in [0.717, 1.165) is 10.3 Å². The predicted octanol–water partition coefficient (Wildman–Crippen LogP) is -0.817. The molecule has 0 unspecified atom stereocenters. The summed E-state index contributed by atoms with van der Waals surface area (Å²) in [5.74, 6) is 0.459. The zero-order valence-electron chi connectivity index (χ0n) is 12.9. The van der Waals surface area contributed by atoms with E-state index in [9.17, 15) is 14.7 Å². The van der Waals surface area contributed by atoms with E-state index in [1.165, 1.54) is 11.6 Å². The number of aromatic nitrogens is 4. The van der Waals surface area contributed by atoms with Crippen LogP contribution in [0.25, 0.3) is 11.2 Å². The summed E-state index contributed by atoms with van der Waals surface area (Å²) in [6, 6.07) is -0.153. The summed E-state index contributed by atoms with van der Waals surface area (Å²) in [5.41, 5.74) is 0.678. The minimum atomic E-state index is -0.424. The summed E-state index contributed by atoms with van der Waals surface area (Å²) >= 11 is 0. The normalized spacial score (nSPS) is 17.8. The van der Waals surface area contributed by atoms with Crippen molar-refractivity contribution in [2.24, 2.45) is 19.2 Å². The summed E-state index contributed by atoms with van der Waals surface area (Å²) in [6.07, 6.45) is 0. The van der Waals surface area contributed by atoms with Crippen LogP contribution in [0.1, 0.15) is 19.9 Å². The van der Waals surface area contributed by atoms with Crippen LogP contribution in [0.5, 0.6) is 0 Å². The lowest BCUT2D eigenvalue weighted by molar-refractivity contribution is 0.300. The molecule has 9 nitrogen and oxygen atoms in total. The van der Waals surface area contributed by atoms with Crippen LogP contribution < -0.4 is 16.3 Å². The van der Waals surface area contributed by atoms with Crippen molar-refractivity contribution in [3.05, 3.63) is 20.8 Å². The second-order valence-corrected chi connectivity index (χ2v) is 5.42. The Bertz CT molecular complexity index is 903. The molecule has 9 heteroatoms. The van der Waals surface area contributed by atoms with Gasteiger partial charge in [-0.1, -0.05) is 0 Å². The van der Waals surface area contributed by atoms with Crippen molar-refractivity contribution >= 4 is 22.8 Å². The van der Waals surface area contributed by atoms with Gasteiger partial charge in [-0.2, -0.15) is 10.1 Å². The fraction of sp³-hybridized carbons (Fsp3) is 0.538. The number of hydrogen-bond donors (Lipinski definition) is 1. The number of nitrogens with zero attached hydrogens (tertiary/aromatic N) is 6. The molecule has 0 aliphatic carbocycles. The van der Waals surface area contributed by atoms with Gasteiger partial charge in [0.2, 0.25) is 5.95 Å². The first-order chi connectivity index (χ1) is 10.4. The van der Waals surface area contributed by atoms with Crippen LogP contribution in [0.3, 0.4) is 0 Å². The minimum absolute atomic E-state index is 0.0920. The molecule has 0 saturated heterocycles. The molecule has 2 aromatic rings. The molecule has 0 aromatic carbocycles. The smallest absolute Gasteiger partial charge is 0.332 e. The molecule has 0 fully saturated rings. The Morgan fingerprint density at radius 3 is 2.55 bits per heavy atom. The number of imidazole rings is 1. The molecule has 1 aliphatic heterocycles. The van der Waals surface area contributed by atoms with E-state index in [1.807, 2.05) is 13.8 Å². The fourth-order valence-corrected chi connectivity index (χ4v) is 2.70. The summed E-state index contributed by atoms with van der Waals surface area (Å²) in [5, 5.41) is 15.2. The van der Waals surface area contributed by atoms with Gasteiger partial charge in [-0.25, -0.2) is 9.80 Å². The number of anilines is 1. The van der Waals surface area contributed by atoms with Gasteiger partial charge in [-0.3, -0.25) is 18.5 Å². The van der Waals surface area contributed by atoms with Gasteiger partial charge in [0, 0.05) is 14.1 Å². The molecule has 0 saturated carbocycles. The molecule has 118 valence electrons. The maximum atomic E-state index is 12.5. The van der Waals surface area contributed by atoms with Gasteiger partial charge in [0.05, 0.1) is 24.9 Å². The highest BCUT2D eigenvalue weighted by atomic mass is 16.3. The molecule has 1 aliphatic rings. The fourth-order valence-electron chi connectivity index (χ4n) is 2.70. The Kier molecular flexibility index (Phi) is 3.17. The van der Waals surface area contributed by atoms with Crippen molar-refractivity contribution in [2.75, 3.05) is 18.2 Å². The Hall–Kier alpha value is -2.42. The molecule has 3 heterocycles.